The number of amides is 2. The Morgan fingerprint density at radius 3 is 2.33 bits per heavy atom. The lowest BCUT2D eigenvalue weighted by molar-refractivity contribution is -0.120. The molecule has 2 amide bonds. The molecule has 0 N–H and O–H groups in total. The van der Waals surface area contributed by atoms with E-state index < -0.39 is 0 Å². The summed E-state index contributed by atoms with van der Waals surface area (Å²) in [5.74, 6) is -0.319. The molecule has 5 rings (SSSR count). The Balaban J connectivity index is 1.57. The van der Waals surface area contributed by atoms with Gasteiger partial charge in [0.05, 0.1) is 17.1 Å². The number of halogens is 1. The molecule has 0 radical (unpaired) electrons. The maximum atomic E-state index is 14.2. The van der Waals surface area contributed by atoms with Crippen molar-refractivity contribution >= 4 is 29.1 Å². The number of carbonyl (C=O) groups excluding carboxylic acids is 2. The molecular formula is C30H28ClN3O2. The third-order valence-electron chi connectivity index (χ3n) is 6.64. The second-order valence-corrected chi connectivity index (χ2v) is 9.84. The maximum absolute atomic E-state index is 14.2. The Morgan fingerprint density at radius 2 is 1.64 bits per heavy atom. The van der Waals surface area contributed by atoms with Gasteiger partial charge in [-0.15, -0.1) is 0 Å². The van der Waals surface area contributed by atoms with E-state index >= 15 is 0 Å². The van der Waals surface area contributed by atoms with Crippen LogP contribution in [0, 0.1) is 6.92 Å². The monoisotopic (exact) mass is 497 g/mol. The zero-order chi connectivity index (χ0) is 25.4. The topological polar surface area (TPSA) is 45.6 Å². The van der Waals surface area contributed by atoms with Gasteiger partial charge in [-0.2, -0.15) is 0 Å². The second-order valence-electron chi connectivity index (χ2n) is 9.41. The molecule has 0 bridgehead atoms. The summed E-state index contributed by atoms with van der Waals surface area (Å²) in [6.07, 6.45) is 2.01. The molecule has 0 saturated heterocycles. The zero-order valence-corrected chi connectivity index (χ0v) is 21.3. The smallest absolute Gasteiger partial charge is 0.254 e. The van der Waals surface area contributed by atoms with Crippen molar-refractivity contribution in [2.45, 2.75) is 32.9 Å². The summed E-state index contributed by atoms with van der Waals surface area (Å²) in [7, 11) is 0. The van der Waals surface area contributed by atoms with Gasteiger partial charge in [0, 0.05) is 22.8 Å². The fraction of sp³-hybridized carbons (Fsp3) is 0.200. The summed E-state index contributed by atoms with van der Waals surface area (Å²) >= 11 is 6.38. The molecule has 4 aromatic rings. The van der Waals surface area contributed by atoms with Crippen LogP contribution in [-0.4, -0.2) is 33.9 Å². The molecule has 1 atom stereocenters. The number of aromatic nitrogens is 1. The Kier molecular flexibility index (Phi) is 6.42. The molecular weight excluding hydrogens is 470 g/mol. The number of rotatable bonds is 5. The fourth-order valence-electron chi connectivity index (χ4n) is 4.83. The van der Waals surface area contributed by atoms with E-state index in [2.05, 4.69) is 4.57 Å². The molecule has 1 aliphatic heterocycles. The quantitative estimate of drug-likeness (QED) is 0.319. The molecule has 0 fully saturated rings. The van der Waals surface area contributed by atoms with Gasteiger partial charge in [0.2, 0.25) is 5.91 Å². The van der Waals surface area contributed by atoms with Crippen LogP contribution in [0.2, 0.25) is 5.02 Å². The lowest BCUT2D eigenvalue weighted by Gasteiger charge is -2.40. The summed E-state index contributed by atoms with van der Waals surface area (Å²) in [4.78, 5) is 31.1. The highest BCUT2D eigenvalue weighted by atomic mass is 35.5. The minimum absolute atomic E-state index is 0.0452. The van der Waals surface area contributed by atoms with Crippen LogP contribution in [0.4, 0.5) is 5.69 Å². The van der Waals surface area contributed by atoms with Crippen LogP contribution in [0.25, 0.3) is 5.69 Å². The van der Waals surface area contributed by atoms with E-state index in [0.717, 1.165) is 28.2 Å². The molecule has 1 unspecified atom stereocenters. The largest absolute Gasteiger partial charge is 0.327 e. The molecule has 2 heterocycles. The van der Waals surface area contributed by atoms with Crippen molar-refractivity contribution in [3.63, 3.8) is 0 Å². The first-order valence-corrected chi connectivity index (χ1v) is 12.4. The van der Waals surface area contributed by atoms with Crippen molar-refractivity contribution in [2.24, 2.45) is 0 Å². The van der Waals surface area contributed by atoms with Crippen molar-refractivity contribution < 1.29 is 9.59 Å². The van der Waals surface area contributed by atoms with Gasteiger partial charge in [0.1, 0.15) is 12.6 Å². The number of aryl methyl sites for hydroxylation is 1. The predicted molar refractivity (Wildman–Crippen MR) is 144 cm³/mol. The van der Waals surface area contributed by atoms with Crippen LogP contribution in [0.1, 0.15) is 47.1 Å². The number of benzene rings is 3. The average molecular weight is 498 g/mol. The third-order valence-corrected chi connectivity index (χ3v) is 6.88. The molecule has 36 heavy (non-hydrogen) atoms. The highest BCUT2D eigenvalue weighted by Gasteiger charge is 2.37. The molecule has 1 aromatic heterocycles. The molecule has 6 heteroatoms. The Hall–Kier alpha value is -3.83. The first-order chi connectivity index (χ1) is 17.3. The minimum Gasteiger partial charge on any atom is -0.327 e. The molecule has 0 aliphatic carbocycles. The van der Waals surface area contributed by atoms with Crippen molar-refractivity contribution in [3.8, 4) is 5.69 Å². The third kappa shape index (κ3) is 4.31. The van der Waals surface area contributed by atoms with Crippen LogP contribution in [0.3, 0.4) is 0 Å². The van der Waals surface area contributed by atoms with Gasteiger partial charge in [0.25, 0.3) is 5.91 Å². The molecule has 0 saturated carbocycles. The summed E-state index contributed by atoms with van der Waals surface area (Å²) in [5.41, 5.74) is 5.24. The van der Waals surface area contributed by atoms with Crippen molar-refractivity contribution in [1.82, 2.24) is 9.47 Å². The van der Waals surface area contributed by atoms with E-state index in [1.165, 1.54) is 0 Å². The maximum Gasteiger partial charge on any atom is 0.254 e. The Morgan fingerprint density at radius 1 is 0.917 bits per heavy atom. The number of fused-ring (bicyclic) bond motifs is 3. The first kappa shape index (κ1) is 23.9. The minimum atomic E-state index is -0.385. The standard InChI is InChI=1S/C30H28ClN3O2/c1-20(2)33(30(36)22-15-13-21(3)14-16-22)19-28(35)34-26-11-5-4-10-25(26)32-17-7-12-27(32)29(34)23-8-6-9-24(31)18-23/h4-18,20,29H,19H2,1-3H3. The highest BCUT2D eigenvalue weighted by Crippen LogP contribution is 2.42. The Labute approximate surface area is 216 Å². The van der Waals surface area contributed by atoms with E-state index in [0.29, 0.717) is 10.6 Å². The number of carbonyl (C=O) groups is 2. The van der Waals surface area contributed by atoms with E-state index in [4.69, 9.17) is 11.6 Å². The van der Waals surface area contributed by atoms with Gasteiger partial charge in [-0.25, -0.2) is 0 Å². The first-order valence-electron chi connectivity index (χ1n) is 12.1. The van der Waals surface area contributed by atoms with Gasteiger partial charge < -0.3 is 9.47 Å². The second kappa shape index (κ2) is 9.67. The van der Waals surface area contributed by atoms with Crippen LogP contribution in [0.5, 0.6) is 0 Å². The number of anilines is 1. The van der Waals surface area contributed by atoms with Crippen LogP contribution in [0.15, 0.2) is 91.1 Å². The fourth-order valence-corrected chi connectivity index (χ4v) is 5.03. The van der Waals surface area contributed by atoms with E-state index in [1.54, 1.807) is 4.90 Å². The van der Waals surface area contributed by atoms with Gasteiger partial charge in [-0.05, 0) is 74.9 Å². The lowest BCUT2D eigenvalue weighted by atomic mass is 9.97. The van der Waals surface area contributed by atoms with Gasteiger partial charge >= 0.3 is 0 Å². The van der Waals surface area contributed by atoms with Crippen LogP contribution < -0.4 is 4.90 Å². The van der Waals surface area contributed by atoms with Crippen LogP contribution in [-0.2, 0) is 4.79 Å². The average Bonchev–Trinajstić information content (AvgIpc) is 3.36. The summed E-state index contributed by atoms with van der Waals surface area (Å²) in [6, 6.07) is 26.4. The molecule has 182 valence electrons. The van der Waals surface area contributed by atoms with Crippen molar-refractivity contribution in [2.75, 3.05) is 11.4 Å². The zero-order valence-electron chi connectivity index (χ0n) is 20.6. The summed E-state index contributed by atoms with van der Waals surface area (Å²) in [5, 5.41) is 0.607. The van der Waals surface area contributed by atoms with Crippen molar-refractivity contribution in [3.05, 3.63) is 119 Å². The highest BCUT2D eigenvalue weighted by molar-refractivity contribution is 6.30. The van der Waals surface area contributed by atoms with Gasteiger partial charge in [-0.3, -0.25) is 14.5 Å². The lowest BCUT2D eigenvalue weighted by Crippen LogP contribution is -2.48. The van der Waals surface area contributed by atoms with Gasteiger partial charge in [0.15, 0.2) is 0 Å². The number of nitrogens with zero attached hydrogens (tertiary/aromatic N) is 3. The molecule has 1 aliphatic rings. The van der Waals surface area contributed by atoms with E-state index in [9.17, 15) is 9.59 Å². The van der Waals surface area contributed by atoms with E-state index in [-0.39, 0.29) is 30.4 Å². The van der Waals surface area contributed by atoms with Gasteiger partial charge in [-0.1, -0.05) is 53.6 Å². The number of hydrogen-bond donors (Lipinski definition) is 0. The molecule has 3 aromatic carbocycles. The SMILES string of the molecule is Cc1ccc(C(=O)N(CC(=O)N2c3ccccc3-n3cccc3C2c2cccc(Cl)c2)C(C)C)cc1. The predicted octanol–water partition coefficient (Wildman–Crippen LogP) is 6.43. The Bertz CT molecular complexity index is 1420. The normalized spacial score (nSPS) is 14.4. The summed E-state index contributed by atoms with van der Waals surface area (Å²) in [6.45, 7) is 5.81. The molecule has 5 nitrogen and oxygen atoms in total. The van der Waals surface area contributed by atoms with Crippen LogP contribution >= 0.6 is 11.6 Å². The van der Waals surface area contributed by atoms with Crippen molar-refractivity contribution in [1.29, 1.82) is 0 Å². The van der Waals surface area contributed by atoms with E-state index in [1.807, 2.05) is 117 Å². The molecule has 0 spiro atoms. The number of hydrogen-bond acceptors (Lipinski definition) is 2. The number of para-hydroxylation sites is 2. The summed E-state index contributed by atoms with van der Waals surface area (Å²) < 4.78 is 2.11.